The fraction of sp³-hybridized carbons (Fsp3) is 0.435. The Morgan fingerprint density at radius 1 is 1.30 bits per heavy atom. The van der Waals surface area contributed by atoms with Crippen LogP contribution in [0.1, 0.15) is 17.5 Å². The van der Waals surface area contributed by atoms with Crippen molar-refractivity contribution in [3.63, 3.8) is 0 Å². The highest BCUT2D eigenvalue weighted by Crippen LogP contribution is 2.23. The zero-order valence-electron chi connectivity index (χ0n) is 18.3. The van der Waals surface area contributed by atoms with Gasteiger partial charge in [-0.1, -0.05) is 18.2 Å². The Morgan fingerprint density at radius 2 is 2.13 bits per heavy atom. The Kier molecular flexibility index (Phi) is 5.88. The molecule has 1 aromatic carbocycles. The molecule has 0 aliphatic carbocycles. The molecular formula is C23H31N7. The highest BCUT2D eigenvalue weighted by atomic mass is 15.3. The lowest BCUT2D eigenvalue weighted by atomic mass is 10.0. The van der Waals surface area contributed by atoms with Crippen molar-refractivity contribution in [2.24, 2.45) is 18.0 Å². The van der Waals surface area contributed by atoms with Crippen molar-refractivity contribution in [2.75, 3.05) is 39.1 Å². The summed E-state index contributed by atoms with van der Waals surface area (Å²) in [6, 6.07) is 10.5. The summed E-state index contributed by atoms with van der Waals surface area (Å²) in [7, 11) is 7.90. The van der Waals surface area contributed by atoms with E-state index in [-0.39, 0.29) is 0 Å². The lowest BCUT2D eigenvalue weighted by Gasteiger charge is -2.22. The minimum absolute atomic E-state index is 0.634. The first-order valence-electron chi connectivity index (χ1n) is 10.5. The van der Waals surface area contributed by atoms with Gasteiger partial charge in [0.05, 0.1) is 11.7 Å². The van der Waals surface area contributed by atoms with Crippen LogP contribution >= 0.6 is 0 Å². The summed E-state index contributed by atoms with van der Waals surface area (Å²) in [5, 5.41) is 9.06. The molecule has 3 heterocycles. The molecule has 1 aliphatic heterocycles. The number of para-hydroxylation sites is 1. The summed E-state index contributed by atoms with van der Waals surface area (Å²) in [6.45, 7) is 2.78. The van der Waals surface area contributed by atoms with Crippen LogP contribution in [0.4, 0.5) is 5.82 Å². The Balaban J connectivity index is 1.44. The number of hydrogen-bond acceptors (Lipinski definition) is 4. The van der Waals surface area contributed by atoms with Crippen LogP contribution in [0.2, 0.25) is 0 Å². The third-order valence-corrected chi connectivity index (χ3v) is 5.76. The molecular weight excluding hydrogens is 374 g/mol. The predicted octanol–water partition coefficient (Wildman–Crippen LogP) is 2.67. The fourth-order valence-corrected chi connectivity index (χ4v) is 4.22. The lowest BCUT2D eigenvalue weighted by molar-refractivity contribution is 0.460. The van der Waals surface area contributed by atoms with E-state index < -0.39 is 0 Å². The summed E-state index contributed by atoms with van der Waals surface area (Å²) in [6.07, 6.45) is 6.35. The molecule has 30 heavy (non-hydrogen) atoms. The molecule has 0 spiro atoms. The predicted molar refractivity (Wildman–Crippen MR) is 123 cm³/mol. The SMILES string of the molecule is CN=C(NCc1cc(N(C)C)nc2ccccc12)N1CCC(Cc2cnn(C)c2)C1. The number of hydrogen-bond donors (Lipinski definition) is 1. The highest BCUT2D eigenvalue weighted by Gasteiger charge is 2.25. The van der Waals surface area contributed by atoms with Gasteiger partial charge in [0.2, 0.25) is 0 Å². The molecule has 2 aromatic heterocycles. The second kappa shape index (κ2) is 8.73. The lowest BCUT2D eigenvalue weighted by Crippen LogP contribution is -2.39. The number of likely N-dealkylation sites (tertiary alicyclic amines) is 1. The van der Waals surface area contributed by atoms with Gasteiger partial charge < -0.3 is 15.1 Å². The number of aromatic nitrogens is 3. The monoisotopic (exact) mass is 405 g/mol. The van der Waals surface area contributed by atoms with Gasteiger partial charge >= 0.3 is 0 Å². The maximum atomic E-state index is 4.76. The number of aryl methyl sites for hydroxylation is 1. The standard InChI is InChI=1S/C23H31N7/c1-24-23(30-10-9-17(16-30)11-18-13-26-29(4)15-18)25-14-19-12-22(28(2)3)27-21-8-6-5-7-20(19)21/h5-8,12-13,15,17H,9-11,14,16H2,1-4H3,(H,24,25). The number of aliphatic imine (C=N–C) groups is 1. The van der Waals surface area contributed by atoms with Crippen molar-refractivity contribution >= 4 is 22.7 Å². The zero-order chi connectivity index (χ0) is 21.1. The Labute approximate surface area is 178 Å². The van der Waals surface area contributed by atoms with E-state index >= 15 is 0 Å². The smallest absolute Gasteiger partial charge is 0.193 e. The molecule has 0 radical (unpaired) electrons. The summed E-state index contributed by atoms with van der Waals surface area (Å²) in [4.78, 5) is 13.7. The number of benzene rings is 1. The van der Waals surface area contributed by atoms with Crippen LogP contribution in [0.5, 0.6) is 0 Å². The zero-order valence-corrected chi connectivity index (χ0v) is 18.3. The summed E-state index contributed by atoms with van der Waals surface area (Å²) in [5.74, 6) is 2.57. The van der Waals surface area contributed by atoms with Crippen LogP contribution < -0.4 is 10.2 Å². The van der Waals surface area contributed by atoms with E-state index in [0.717, 1.165) is 43.3 Å². The third-order valence-electron chi connectivity index (χ3n) is 5.76. The molecule has 1 N–H and O–H groups in total. The Morgan fingerprint density at radius 3 is 2.87 bits per heavy atom. The summed E-state index contributed by atoms with van der Waals surface area (Å²) in [5.41, 5.74) is 3.57. The van der Waals surface area contributed by atoms with Gasteiger partial charge in [0, 0.05) is 59.4 Å². The molecule has 0 amide bonds. The van der Waals surface area contributed by atoms with Crippen LogP contribution in [0.3, 0.4) is 0 Å². The van der Waals surface area contributed by atoms with Crippen LogP contribution in [-0.4, -0.2) is 59.9 Å². The van der Waals surface area contributed by atoms with Crippen molar-refractivity contribution in [3.8, 4) is 0 Å². The van der Waals surface area contributed by atoms with E-state index in [2.05, 4.69) is 50.8 Å². The summed E-state index contributed by atoms with van der Waals surface area (Å²) < 4.78 is 1.88. The van der Waals surface area contributed by atoms with Crippen molar-refractivity contribution in [1.82, 2.24) is 25.0 Å². The van der Waals surface area contributed by atoms with Crippen LogP contribution in [-0.2, 0) is 20.0 Å². The van der Waals surface area contributed by atoms with E-state index in [9.17, 15) is 0 Å². The van der Waals surface area contributed by atoms with Gasteiger partial charge in [0.25, 0.3) is 0 Å². The van der Waals surface area contributed by atoms with Crippen LogP contribution in [0.25, 0.3) is 10.9 Å². The third kappa shape index (κ3) is 4.40. The van der Waals surface area contributed by atoms with Gasteiger partial charge in [-0.2, -0.15) is 5.10 Å². The number of nitrogens with zero attached hydrogens (tertiary/aromatic N) is 6. The molecule has 3 aromatic rings. The number of rotatable bonds is 5. The van der Waals surface area contributed by atoms with E-state index in [1.807, 2.05) is 50.0 Å². The van der Waals surface area contributed by atoms with Gasteiger partial charge in [0.1, 0.15) is 5.82 Å². The van der Waals surface area contributed by atoms with E-state index in [0.29, 0.717) is 5.92 Å². The number of guanidine groups is 1. The normalized spacial score (nSPS) is 17.0. The molecule has 158 valence electrons. The van der Waals surface area contributed by atoms with E-state index in [1.165, 1.54) is 22.9 Å². The Hall–Kier alpha value is -3.09. The first-order chi connectivity index (χ1) is 14.5. The maximum Gasteiger partial charge on any atom is 0.193 e. The molecule has 1 aliphatic rings. The van der Waals surface area contributed by atoms with Gasteiger partial charge in [-0.3, -0.25) is 9.67 Å². The molecule has 0 bridgehead atoms. The molecule has 1 fully saturated rings. The van der Waals surface area contributed by atoms with Crippen LogP contribution in [0.15, 0.2) is 47.7 Å². The molecule has 0 saturated carbocycles. The molecule has 4 rings (SSSR count). The highest BCUT2D eigenvalue weighted by molar-refractivity contribution is 5.85. The average Bonchev–Trinajstić information content (AvgIpc) is 3.37. The minimum atomic E-state index is 0.634. The van der Waals surface area contributed by atoms with E-state index in [4.69, 9.17) is 4.98 Å². The quantitative estimate of drug-likeness (QED) is 0.522. The second-order valence-electron chi connectivity index (χ2n) is 8.28. The van der Waals surface area contributed by atoms with Crippen molar-refractivity contribution in [3.05, 3.63) is 53.9 Å². The van der Waals surface area contributed by atoms with Gasteiger partial charge in [-0.05, 0) is 42.0 Å². The average molecular weight is 406 g/mol. The fourth-order valence-electron chi connectivity index (χ4n) is 4.22. The maximum absolute atomic E-state index is 4.76. The van der Waals surface area contributed by atoms with E-state index in [1.54, 1.807) is 0 Å². The Bertz CT molecular complexity index is 1040. The molecule has 7 nitrogen and oxygen atoms in total. The molecule has 1 unspecified atom stereocenters. The van der Waals surface area contributed by atoms with Gasteiger partial charge in [0.15, 0.2) is 5.96 Å². The molecule has 1 atom stereocenters. The molecule has 1 saturated heterocycles. The van der Waals surface area contributed by atoms with Gasteiger partial charge in [-0.15, -0.1) is 0 Å². The first kappa shape index (κ1) is 20.2. The van der Waals surface area contributed by atoms with Crippen molar-refractivity contribution in [1.29, 1.82) is 0 Å². The number of fused-ring (bicyclic) bond motifs is 1. The second-order valence-corrected chi connectivity index (χ2v) is 8.28. The van der Waals surface area contributed by atoms with Crippen molar-refractivity contribution < 1.29 is 0 Å². The summed E-state index contributed by atoms with van der Waals surface area (Å²) >= 11 is 0. The molecule has 7 heteroatoms. The largest absolute Gasteiger partial charge is 0.363 e. The van der Waals surface area contributed by atoms with Gasteiger partial charge in [-0.25, -0.2) is 4.98 Å². The minimum Gasteiger partial charge on any atom is -0.363 e. The topological polar surface area (TPSA) is 61.6 Å². The number of nitrogens with one attached hydrogen (secondary N) is 1. The van der Waals surface area contributed by atoms with Crippen LogP contribution in [0, 0.1) is 5.92 Å². The number of anilines is 1. The first-order valence-corrected chi connectivity index (χ1v) is 10.5. The van der Waals surface area contributed by atoms with Crippen molar-refractivity contribution in [2.45, 2.75) is 19.4 Å². The number of pyridine rings is 1.